The van der Waals surface area contributed by atoms with Crippen LogP contribution in [0.15, 0.2) is 0 Å². The van der Waals surface area contributed by atoms with E-state index in [-0.39, 0.29) is 5.39 Å². The van der Waals surface area contributed by atoms with Crippen LogP contribution in [-0.4, -0.2) is 22.4 Å². The third-order valence-corrected chi connectivity index (χ3v) is 1.45. The van der Waals surface area contributed by atoms with E-state index in [4.69, 9.17) is 10.4 Å². The normalized spacial score (nSPS) is 10.9. The van der Waals surface area contributed by atoms with Gasteiger partial charge in [0.05, 0.1) is 12.0 Å². The van der Waals surface area contributed by atoms with E-state index in [0.29, 0.717) is 6.61 Å². The van der Waals surface area contributed by atoms with Crippen molar-refractivity contribution in [2.75, 3.05) is 6.61 Å². The van der Waals surface area contributed by atoms with Gasteiger partial charge in [-0.1, -0.05) is 32.6 Å². The van der Waals surface area contributed by atoms with Gasteiger partial charge in [-0.25, -0.2) is 0 Å². The first-order valence-electron chi connectivity index (χ1n) is 4.08. The van der Waals surface area contributed by atoms with Crippen molar-refractivity contribution in [2.24, 2.45) is 0 Å². The lowest BCUT2D eigenvalue weighted by Crippen LogP contribution is -2.14. The van der Waals surface area contributed by atoms with Gasteiger partial charge in [0.1, 0.15) is 0 Å². The van der Waals surface area contributed by atoms with Crippen LogP contribution in [0.1, 0.15) is 39.0 Å². The molecule has 11 heavy (non-hydrogen) atoms. The van der Waals surface area contributed by atoms with E-state index in [1.165, 1.54) is 19.3 Å². The van der Waals surface area contributed by atoms with Crippen molar-refractivity contribution in [3.8, 4) is 0 Å². The SMILES string of the molecule is CCCCCCCON(O)O. The predicted molar refractivity (Wildman–Crippen MR) is 40.1 cm³/mol. The summed E-state index contributed by atoms with van der Waals surface area (Å²) in [6, 6.07) is 0. The van der Waals surface area contributed by atoms with E-state index in [1.807, 2.05) is 0 Å². The topological polar surface area (TPSA) is 52.9 Å². The van der Waals surface area contributed by atoms with Gasteiger partial charge in [0.2, 0.25) is 0 Å². The molecular formula is C7H17NO3. The lowest BCUT2D eigenvalue weighted by atomic mass is 10.2. The summed E-state index contributed by atoms with van der Waals surface area (Å²) in [5.41, 5.74) is 0. The summed E-state index contributed by atoms with van der Waals surface area (Å²) in [5.74, 6) is 0. The molecule has 0 rings (SSSR count). The third-order valence-electron chi connectivity index (χ3n) is 1.45. The molecule has 0 unspecified atom stereocenters. The van der Waals surface area contributed by atoms with Crippen molar-refractivity contribution in [1.82, 2.24) is 5.39 Å². The van der Waals surface area contributed by atoms with Crippen LogP contribution in [0.5, 0.6) is 0 Å². The standard InChI is InChI=1S/C7H17NO3/c1-2-3-4-5-6-7-11-8(9)10/h9-10H,2-7H2,1H3. The number of nitrogens with zero attached hydrogens (tertiary/aromatic N) is 1. The Hall–Kier alpha value is -0.160. The Morgan fingerprint density at radius 1 is 1.09 bits per heavy atom. The molecule has 4 heteroatoms. The van der Waals surface area contributed by atoms with Crippen LogP contribution in [0.25, 0.3) is 0 Å². The predicted octanol–water partition coefficient (Wildman–Crippen LogP) is 1.97. The van der Waals surface area contributed by atoms with Gasteiger partial charge in [-0.2, -0.15) is 0 Å². The average molecular weight is 163 g/mol. The average Bonchev–Trinajstić information content (AvgIpc) is 1.96. The summed E-state index contributed by atoms with van der Waals surface area (Å²) in [7, 11) is 0. The number of hydrogen-bond donors (Lipinski definition) is 2. The molecule has 2 N–H and O–H groups in total. The van der Waals surface area contributed by atoms with Gasteiger partial charge in [0.15, 0.2) is 0 Å². The smallest absolute Gasteiger partial charge is 0.0736 e. The lowest BCUT2D eigenvalue weighted by Gasteiger charge is -2.04. The zero-order chi connectivity index (χ0) is 8.53. The Morgan fingerprint density at radius 2 is 1.73 bits per heavy atom. The van der Waals surface area contributed by atoms with Crippen LogP contribution in [0.3, 0.4) is 0 Å². The Bertz CT molecular complexity index is 78.1. The number of unbranched alkanes of at least 4 members (excludes halogenated alkanes) is 4. The first-order chi connectivity index (χ1) is 5.27. The maximum atomic E-state index is 8.12. The van der Waals surface area contributed by atoms with Crippen LogP contribution in [0.2, 0.25) is 0 Å². The minimum absolute atomic E-state index is 0.236. The van der Waals surface area contributed by atoms with Gasteiger partial charge >= 0.3 is 0 Å². The summed E-state index contributed by atoms with van der Waals surface area (Å²) < 4.78 is 0. The fraction of sp³-hybridized carbons (Fsp3) is 1.00. The van der Waals surface area contributed by atoms with Gasteiger partial charge in [-0.3, -0.25) is 15.3 Å². The molecule has 68 valence electrons. The fourth-order valence-corrected chi connectivity index (χ4v) is 0.852. The van der Waals surface area contributed by atoms with Gasteiger partial charge in [-0.15, -0.1) is 0 Å². The van der Waals surface area contributed by atoms with E-state index in [9.17, 15) is 0 Å². The first kappa shape index (κ1) is 10.8. The molecule has 0 aliphatic rings. The Balaban J connectivity index is 2.80. The summed E-state index contributed by atoms with van der Waals surface area (Å²) in [6.07, 6.45) is 5.60. The van der Waals surface area contributed by atoms with Gasteiger partial charge in [0, 0.05) is 0 Å². The molecule has 0 amide bonds. The zero-order valence-corrected chi connectivity index (χ0v) is 6.99. The molecule has 0 aliphatic heterocycles. The summed E-state index contributed by atoms with van der Waals surface area (Å²) >= 11 is 0. The fourth-order valence-electron chi connectivity index (χ4n) is 0.852. The van der Waals surface area contributed by atoms with Crippen molar-refractivity contribution in [1.29, 1.82) is 0 Å². The summed E-state index contributed by atoms with van der Waals surface area (Å²) in [4.78, 5) is 4.37. The zero-order valence-electron chi connectivity index (χ0n) is 6.99. The minimum atomic E-state index is -0.236. The van der Waals surface area contributed by atoms with Crippen molar-refractivity contribution in [3.63, 3.8) is 0 Å². The maximum absolute atomic E-state index is 8.12. The van der Waals surface area contributed by atoms with Gasteiger partial charge in [-0.05, 0) is 6.42 Å². The Labute approximate surface area is 67.3 Å². The highest BCUT2D eigenvalue weighted by atomic mass is 17.1. The lowest BCUT2D eigenvalue weighted by molar-refractivity contribution is -0.492. The monoisotopic (exact) mass is 163 g/mol. The van der Waals surface area contributed by atoms with Crippen LogP contribution < -0.4 is 0 Å². The highest BCUT2D eigenvalue weighted by Crippen LogP contribution is 2.02. The molecule has 0 spiro atoms. The van der Waals surface area contributed by atoms with E-state index in [2.05, 4.69) is 11.8 Å². The molecule has 0 aromatic carbocycles. The van der Waals surface area contributed by atoms with Crippen LogP contribution in [-0.2, 0) is 4.84 Å². The van der Waals surface area contributed by atoms with E-state index in [1.54, 1.807) is 0 Å². The largest absolute Gasteiger partial charge is 0.266 e. The second kappa shape index (κ2) is 7.94. The molecule has 0 atom stereocenters. The molecule has 0 radical (unpaired) electrons. The van der Waals surface area contributed by atoms with Crippen molar-refractivity contribution in [3.05, 3.63) is 0 Å². The number of hydrogen-bond acceptors (Lipinski definition) is 4. The molecule has 0 aromatic rings. The van der Waals surface area contributed by atoms with Crippen LogP contribution in [0.4, 0.5) is 0 Å². The molecule has 0 bridgehead atoms. The van der Waals surface area contributed by atoms with Crippen molar-refractivity contribution >= 4 is 0 Å². The van der Waals surface area contributed by atoms with Crippen LogP contribution in [0, 0.1) is 0 Å². The molecular weight excluding hydrogens is 146 g/mol. The molecule has 0 saturated heterocycles. The number of rotatable bonds is 7. The van der Waals surface area contributed by atoms with Gasteiger partial charge < -0.3 is 0 Å². The van der Waals surface area contributed by atoms with E-state index >= 15 is 0 Å². The minimum Gasteiger partial charge on any atom is -0.266 e. The molecule has 0 fully saturated rings. The molecule has 4 nitrogen and oxygen atoms in total. The van der Waals surface area contributed by atoms with Crippen molar-refractivity contribution in [2.45, 2.75) is 39.0 Å². The second-order valence-corrected chi connectivity index (χ2v) is 2.50. The first-order valence-corrected chi connectivity index (χ1v) is 4.08. The van der Waals surface area contributed by atoms with Crippen LogP contribution >= 0.6 is 0 Å². The highest BCUT2D eigenvalue weighted by Gasteiger charge is 1.93. The Morgan fingerprint density at radius 3 is 2.27 bits per heavy atom. The Kier molecular flexibility index (Phi) is 7.83. The van der Waals surface area contributed by atoms with Crippen molar-refractivity contribution < 1.29 is 15.3 Å². The molecule has 0 aromatic heterocycles. The maximum Gasteiger partial charge on any atom is 0.0736 e. The second-order valence-electron chi connectivity index (χ2n) is 2.50. The van der Waals surface area contributed by atoms with E-state index < -0.39 is 0 Å². The highest BCUT2D eigenvalue weighted by molar-refractivity contribution is 4.39. The van der Waals surface area contributed by atoms with Gasteiger partial charge in [0.25, 0.3) is 0 Å². The molecule has 0 aliphatic carbocycles. The molecule has 0 heterocycles. The third kappa shape index (κ3) is 9.84. The summed E-state index contributed by atoms with van der Waals surface area (Å²) in [6.45, 7) is 2.52. The van der Waals surface area contributed by atoms with E-state index in [0.717, 1.165) is 12.8 Å². The quantitative estimate of drug-likeness (QED) is 0.445. The summed E-state index contributed by atoms with van der Waals surface area (Å²) in [5, 5.41) is 16.0. The molecule has 0 saturated carbocycles.